The van der Waals surface area contributed by atoms with Crippen molar-refractivity contribution in [3.8, 4) is 0 Å². The molecular weight excluding hydrogens is 208 g/mol. The number of allylic oxidation sites excluding steroid dienone is 1. The lowest BCUT2D eigenvalue weighted by molar-refractivity contribution is 0.420. The van der Waals surface area contributed by atoms with Crippen LogP contribution in [0, 0.1) is 0 Å². The Morgan fingerprint density at radius 1 is 1.00 bits per heavy atom. The summed E-state index contributed by atoms with van der Waals surface area (Å²) in [6.07, 6.45) is 1.75. The summed E-state index contributed by atoms with van der Waals surface area (Å²) in [5.41, 5.74) is 2.37. The minimum Gasteiger partial charge on any atom is -0.513 e. The third kappa shape index (κ3) is 8.56. The molecule has 0 aliphatic rings. The molecule has 0 aliphatic heterocycles. The van der Waals surface area contributed by atoms with E-state index in [2.05, 4.69) is 26.0 Å². The van der Waals surface area contributed by atoms with Crippen LogP contribution in [0.1, 0.15) is 65.5 Å². The molecule has 1 aromatic rings. The maximum atomic E-state index is 9.05. The van der Waals surface area contributed by atoms with Gasteiger partial charge in [0.15, 0.2) is 0 Å². The van der Waals surface area contributed by atoms with Crippen molar-refractivity contribution >= 4 is 6.08 Å². The van der Waals surface area contributed by atoms with E-state index >= 15 is 0 Å². The zero-order valence-electron chi connectivity index (χ0n) is 12.4. The van der Waals surface area contributed by atoms with Crippen LogP contribution in [-0.4, -0.2) is 5.11 Å². The average molecular weight is 236 g/mol. The number of rotatable bonds is 2. The summed E-state index contributed by atoms with van der Waals surface area (Å²) >= 11 is 0. The molecule has 0 atom stereocenters. The fraction of sp³-hybridized carbons (Fsp3) is 0.500. The third-order valence-electron chi connectivity index (χ3n) is 1.98. The van der Waals surface area contributed by atoms with E-state index in [1.807, 2.05) is 39.8 Å². The SMILES string of the molecule is C/C(O)=C\c1ccc(C(C)C)cc1.CC.CC. The lowest BCUT2D eigenvalue weighted by Crippen LogP contribution is -1.86. The number of aliphatic hydroxyl groups excluding tert-OH is 1. The van der Waals surface area contributed by atoms with Gasteiger partial charge in [0.1, 0.15) is 0 Å². The van der Waals surface area contributed by atoms with Gasteiger partial charge in [-0.05, 0) is 30.0 Å². The second-order valence-electron chi connectivity index (χ2n) is 3.61. The van der Waals surface area contributed by atoms with Crippen molar-refractivity contribution in [2.75, 3.05) is 0 Å². The van der Waals surface area contributed by atoms with E-state index in [-0.39, 0.29) is 0 Å². The molecule has 1 nitrogen and oxygen atoms in total. The first-order chi connectivity index (χ1) is 8.09. The van der Waals surface area contributed by atoms with Gasteiger partial charge in [0, 0.05) is 0 Å². The normalized spacial score (nSPS) is 10.0. The molecule has 1 rings (SSSR count). The highest BCUT2D eigenvalue weighted by Gasteiger charge is 1.97. The highest BCUT2D eigenvalue weighted by atomic mass is 16.3. The first-order valence-corrected chi connectivity index (χ1v) is 6.57. The Bertz CT molecular complexity index is 290. The van der Waals surface area contributed by atoms with Crippen LogP contribution in [-0.2, 0) is 0 Å². The van der Waals surface area contributed by atoms with E-state index in [1.54, 1.807) is 13.0 Å². The van der Waals surface area contributed by atoms with E-state index in [1.165, 1.54) is 5.56 Å². The topological polar surface area (TPSA) is 20.2 Å². The molecule has 0 spiro atoms. The van der Waals surface area contributed by atoms with E-state index in [0.29, 0.717) is 11.7 Å². The third-order valence-corrected chi connectivity index (χ3v) is 1.98. The quantitative estimate of drug-likeness (QED) is 0.645. The van der Waals surface area contributed by atoms with Gasteiger partial charge in [-0.3, -0.25) is 0 Å². The number of aliphatic hydroxyl groups is 1. The van der Waals surface area contributed by atoms with Crippen molar-refractivity contribution in [1.29, 1.82) is 0 Å². The van der Waals surface area contributed by atoms with Crippen LogP contribution in [0.4, 0.5) is 0 Å². The molecule has 0 radical (unpaired) electrons. The van der Waals surface area contributed by atoms with Gasteiger partial charge in [-0.25, -0.2) is 0 Å². The predicted octanol–water partition coefficient (Wildman–Crippen LogP) is 5.78. The van der Waals surface area contributed by atoms with E-state index in [9.17, 15) is 0 Å². The molecule has 0 aliphatic carbocycles. The van der Waals surface area contributed by atoms with Gasteiger partial charge in [0.2, 0.25) is 0 Å². The highest BCUT2D eigenvalue weighted by Crippen LogP contribution is 2.15. The summed E-state index contributed by atoms with van der Waals surface area (Å²) in [5, 5.41) is 9.05. The molecule has 0 bridgehead atoms. The highest BCUT2D eigenvalue weighted by molar-refractivity contribution is 5.51. The maximum Gasteiger partial charge on any atom is 0.0897 e. The minimum atomic E-state index is 0.345. The van der Waals surface area contributed by atoms with Gasteiger partial charge >= 0.3 is 0 Å². The Morgan fingerprint density at radius 3 is 1.71 bits per heavy atom. The monoisotopic (exact) mass is 236 g/mol. The van der Waals surface area contributed by atoms with Crippen LogP contribution in [0.25, 0.3) is 6.08 Å². The molecule has 0 saturated heterocycles. The van der Waals surface area contributed by atoms with E-state index < -0.39 is 0 Å². The molecule has 0 aromatic heterocycles. The van der Waals surface area contributed by atoms with Gasteiger partial charge in [0.25, 0.3) is 0 Å². The van der Waals surface area contributed by atoms with Crippen LogP contribution < -0.4 is 0 Å². The number of benzene rings is 1. The smallest absolute Gasteiger partial charge is 0.0897 e. The summed E-state index contributed by atoms with van der Waals surface area (Å²) in [5.74, 6) is 0.908. The standard InChI is InChI=1S/C12H16O.2C2H6/c1-9(2)12-6-4-11(5-7-12)8-10(3)13;2*1-2/h4-9,13H,1-3H3;2*1-2H3/b10-8+;;. The Labute approximate surface area is 107 Å². The molecular formula is C16H28O. The molecule has 0 unspecified atom stereocenters. The summed E-state index contributed by atoms with van der Waals surface area (Å²) in [7, 11) is 0. The van der Waals surface area contributed by atoms with Crippen molar-refractivity contribution < 1.29 is 5.11 Å². The molecule has 0 saturated carbocycles. The Balaban J connectivity index is 0. The van der Waals surface area contributed by atoms with Gasteiger partial charge in [-0.1, -0.05) is 65.8 Å². The first kappa shape index (κ1) is 18.1. The minimum absolute atomic E-state index is 0.345. The lowest BCUT2D eigenvalue weighted by Gasteiger charge is -2.04. The average Bonchev–Trinajstić information content (AvgIpc) is 2.34. The first-order valence-electron chi connectivity index (χ1n) is 6.57. The molecule has 17 heavy (non-hydrogen) atoms. The summed E-state index contributed by atoms with van der Waals surface area (Å²) in [4.78, 5) is 0. The molecule has 0 amide bonds. The van der Waals surface area contributed by atoms with Gasteiger partial charge in [0.05, 0.1) is 5.76 Å². The predicted molar refractivity (Wildman–Crippen MR) is 79.5 cm³/mol. The van der Waals surface area contributed by atoms with Crippen molar-refractivity contribution in [2.24, 2.45) is 0 Å². The Hall–Kier alpha value is -1.24. The van der Waals surface area contributed by atoms with Gasteiger partial charge in [-0.2, -0.15) is 0 Å². The van der Waals surface area contributed by atoms with Crippen LogP contribution in [0.3, 0.4) is 0 Å². The van der Waals surface area contributed by atoms with Crippen molar-refractivity contribution in [1.82, 2.24) is 0 Å². The van der Waals surface area contributed by atoms with Gasteiger partial charge in [-0.15, -0.1) is 0 Å². The fourth-order valence-corrected chi connectivity index (χ4v) is 1.22. The second-order valence-corrected chi connectivity index (χ2v) is 3.61. The molecule has 1 aromatic carbocycles. The van der Waals surface area contributed by atoms with Crippen LogP contribution in [0.5, 0.6) is 0 Å². The molecule has 0 heterocycles. The number of hydrogen-bond donors (Lipinski definition) is 1. The van der Waals surface area contributed by atoms with Crippen LogP contribution in [0.15, 0.2) is 30.0 Å². The van der Waals surface area contributed by atoms with Crippen LogP contribution in [0.2, 0.25) is 0 Å². The zero-order valence-corrected chi connectivity index (χ0v) is 12.4. The second kappa shape index (κ2) is 11.3. The van der Waals surface area contributed by atoms with E-state index in [4.69, 9.17) is 5.11 Å². The van der Waals surface area contributed by atoms with Crippen molar-refractivity contribution in [3.63, 3.8) is 0 Å². The lowest BCUT2D eigenvalue weighted by atomic mass is 10.0. The fourth-order valence-electron chi connectivity index (χ4n) is 1.22. The molecule has 0 fully saturated rings. The maximum absolute atomic E-state index is 9.05. The molecule has 98 valence electrons. The van der Waals surface area contributed by atoms with Crippen molar-refractivity contribution in [3.05, 3.63) is 41.2 Å². The summed E-state index contributed by atoms with van der Waals surface area (Å²) < 4.78 is 0. The number of hydrogen-bond acceptors (Lipinski definition) is 1. The van der Waals surface area contributed by atoms with Crippen LogP contribution >= 0.6 is 0 Å². The summed E-state index contributed by atoms with van der Waals surface area (Å²) in [6, 6.07) is 8.24. The zero-order chi connectivity index (χ0) is 13.8. The summed E-state index contributed by atoms with van der Waals surface area (Å²) in [6.45, 7) is 14.0. The Morgan fingerprint density at radius 2 is 1.41 bits per heavy atom. The van der Waals surface area contributed by atoms with Crippen molar-refractivity contribution in [2.45, 2.75) is 54.4 Å². The molecule has 1 heteroatoms. The van der Waals surface area contributed by atoms with Gasteiger partial charge < -0.3 is 5.11 Å². The molecule has 1 N–H and O–H groups in total. The Kier molecular flexibility index (Phi) is 12.0. The van der Waals surface area contributed by atoms with E-state index in [0.717, 1.165) is 5.56 Å². The largest absolute Gasteiger partial charge is 0.513 e.